The summed E-state index contributed by atoms with van der Waals surface area (Å²) in [6, 6.07) is 3.65. The molecule has 28 heavy (non-hydrogen) atoms. The molecule has 2 N–H and O–H groups in total. The Morgan fingerprint density at radius 3 is 2.82 bits per heavy atom. The maximum atomic E-state index is 12.8. The number of ketones is 1. The van der Waals surface area contributed by atoms with Gasteiger partial charge in [-0.2, -0.15) is 0 Å². The van der Waals surface area contributed by atoms with Crippen molar-refractivity contribution >= 4 is 5.78 Å². The van der Waals surface area contributed by atoms with Gasteiger partial charge in [0.05, 0.1) is 25.6 Å². The summed E-state index contributed by atoms with van der Waals surface area (Å²) in [5.74, 6) is 0.575. The number of likely N-dealkylation sites (N-methyl/N-ethyl adjacent to an activating group) is 1. The first-order valence-electron chi connectivity index (χ1n) is 9.98. The zero-order valence-corrected chi connectivity index (χ0v) is 18.3. The number of phenols is 1. The Balaban J connectivity index is 0.00000192. The van der Waals surface area contributed by atoms with Crippen LogP contribution < -0.4 is 21.7 Å². The fourth-order valence-corrected chi connectivity index (χ4v) is 6.44. The van der Waals surface area contributed by atoms with Gasteiger partial charge in [-0.15, -0.1) is 0 Å². The number of quaternary nitrogens is 1. The number of carbonyl (C=O) groups excluding carboxylic acids is 1. The van der Waals surface area contributed by atoms with Crippen molar-refractivity contribution in [2.75, 3.05) is 20.1 Å². The van der Waals surface area contributed by atoms with E-state index >= 15 is 0 Å². The number of rotatable bonds is 2. The van der Waals surface area contributed by atoms with Crippen LogP contribution >= 0.6 is 0 Å². The predicted octanol–water partition coefficient (Wildman–Crippen LogP) is -0.770. The summed E-state index contributed by atoms with van der Waals surface area (Å²) in [4.78, 5) is 12.8. The van der Waals surface area contributed by atoms with Gasteiger partial charge in [-0.3, -0.25) is 4.79 Å². The minimum absolute atomic E-state index is 0. The Morgan fingerprint density at radius 2 is 2.11 bits per heavy atom. The first-order valence-corrected chi connectivity index (χ1v) is 9.98. The molecule has 2 aliphatic heterocycles. The zero-order chi connectivity index (χ0) is 19.2. The van der Waals surface area contributed by atoms with E-state index < -0.39 is 17.1 Å². The minimum Gasteiger partial charge on any atom is -1.00 e. The first kappa shape index (κ1) is 19.9. The molecule has 6 heteroatoms. The Hall–Kier alpha value is -1.37. The SMILES string of the molecule is CC(C)=CC[N@+]1(C)CC[C@]23c4c5ccc(O)c4O[C@H]2C(=O)CCC3(O)[C@H]1C5.[Br-]. The second-order valence-corrected chi connectivity index (χ2v) is 9.44. The average Bonchev–Trinajstić information content (AvgIpc) is 2.98. The van der Waals surface area contributed by atoms with Crippen molar-refractivity contribution in [3.63, 3.8) is 0 Å². The van der Waals surface area contributed by atoms with Crippen LogP contribution in [0.15, 0.2) is 23.8 Å². The highest BCUT2D eigenvalue weighted by Crippen LogP contribution is 2.65. The molecule has 1 unspecified atom stereocenters. The molecular formula is C22H28BrNO4. The van der Waals surface area contributed by atoms with Crippen molar-refractivity contribution in [2.24, 2.45) is 0 Å². The number of aromatic hydroxyl groups is 1. The lowest BCUT2D eigenvalue weighted by atomic mass is 9.48. The zero-order valence-electron chi connectivity index (χ0n) is 16.7. The van der Waals surface area contributed by atoms with E-state index in [9.17, 15) is 15.0 Å². The molecular weight excluding hydrogens is 422 g/mol. The van der Waals surface area contributed by atoms with E-state index in [4.69, 9.17) is 4.74 Å². The quantitative estimate of drug-likeness (QED) is 0.459. The lowest BCUT2D eigenvalue weighted by Gasteiger charge is -2.64. The molecule has 5 nitrogen and oxygen atoms in total. The molecule has 4 aliphatic rings. The lowest BCUT2D eigenvalue weighted by molar-refractivity contribution is -0.944. The van der Waals surface area contributed by atoms with Gasteiger partial charge < -0.3 is 36.4 Å². The van der Waals surface area contributed by atoms with Gasteiger partial charge in [0.15, 0.2) is 23.4 Å². The molecule has 5 rings (SSSR count). The topological polar surface area (TPSA) is 66.8 Å². The molecule has 0 aromatic heterocycles. The number of allylic oxidation sites excluding steroid dienone is 1. The van der Waals surface area contributed by atoms with Crippen molar-refractivity contribution in [1.82, 2.24) is 0 Å². The highest BCUT2D eigenvalue weighted by Gasteiger charge is 2.76. The van der Waals surface area contributed by atoms with Crippen LogP contribution in [0, 0.1) is 0 Å². The summed E-state index contributed by atoms with van der Waals surface area (Å²) < 4.78 is 6.85. The van der Waals surface area contributed by atoms with E-state index in [1.165, 1.54) is 5.57 Å². The van der Waals surface area contributed by atoms with Crippen molar-refractivity contribution in [3.05, 3.63) is 34.9 Å². The summed E-state index contributed by atoms with van der Waals surface area (Å²) in [5.41, 5.74) is 1.62. The Bertz CT molecular complexity index is 895. The van der Waals surface area contributed by atoms with Crippen LogP contribution in [0.3, 0.4) is 0 Å². The third-order valence-electron chi connectivity index (χ3n) is 7.82. The van der Waals surface area contributed by atoms with Gasteiger partial charge in [0, 0.05) is 24.8 Å². The number of carbonyl (C=O) groups is 1. The van der Waals surface area contributed by atoms with Crippen LogP contribution in [-0.4, -0.2) is 58.4 Å². The summed E-state index contributed by atoms with van der Waals surface area (Å²) in [6.07, 6.45) is 3.86. The first-order chi connectivity index (χ1) is 12.7. The highest BCUT2D eigenvalue weighted by molar-refractivity contribution is 5.90. The number of nitrogens with zero attached hydrogens (tertiary/aromatic N) is 1. The maximum Gasteiger partial charge on any atom is 0.174 e. The molecule has 2 bridgehead atoms. The summed E-state index contributed by atoms with van der Waals surface area (Å²) >= 11 is 0. The molecule has 2 heterocycles. The van der Waals surface area contributed by atoms with E-state index in [0.717, 1.165) is 35.1 Å². The van der Waals surface area contributed by atoms with Gasteiger partial charge >= 0.3 is 0 Å². The fraction of sp³-hybridized carbons (Fsp3) is 0.591. The number of halogens is 1. The number of phenolic OH excluding ortho intramolecular Hbond substituents is 1. The molecule has 0 radical (unpaired) electrons. The number of Topliss-reactive ketones (excluding diaryl/α,β-unsaturated/α-hetero) is 1. The number of hydrogen-bond donors (Lipinski definition) is 2. The average molecular weight is 450 g/mol. The maximum absolute atomic E-state index is 12.8. The molecule has 1 aromatic rings. The van der Waals surface area contributed by atoms with E-state index in [-0.39, 0.29) is 34.6 Å². The molecule has 152 valence electrons. The van der Waals surface area contributed by atoms with Crippen LogP contribution in [0.5, 0.6) is 11.5 Å². The van der Waals surface area contributed by atoms with Gasteiger partial charge in [0.1, 0.15) is 11.6 Å². The van der Waals surface area contributed by atoms with Gasteiger partial charge in [-0.05, 0) is 38.0 Å². The van der Waals surface area contributed by atoms with Crippen molar-refractivity contribution in [3.8, 4) is 11.5 Å². The Kier molecular flexibility index (Phi) is 4.32. The van der Waals surface area contributed by atoms with Crippen LogP contribution in [0.4, 0.5) is 0 Å². The number of ether oxygens (including phenoxy) is 1. The van der Waals surface area contributed by atoms with E-state index in [2.05, 4.69) is 27.0 Å². The van der Waals surface area contributed by atoms with Crippen molar-refractivity contribution < 1.29 is 41.2 Å². The molecule has 0 amide bonds. The van der Waals surface area contributed by atoms with Crippen molar-refractivity contribution in [1.29, 1.82) is 0 Å². The smallest absolute Gasteiger partial charge is 0.174 e. The van der Waals surface area contributed by atoms with Gasteiger partial charge in [-0.25, -0.2) is 0 Å². The molecule has 5 atom stereocenters. The largest absolute Gasteiger partial charge is 1.00 e. The summed E-state index contributed by atoms with van der Waals surface area (Å²) in [5, 5.41) is 22.6. The molecule has 2 aliphatic carbocycles. The highest BCUT2D eigenvalue weighted by atomic mass is 79.9. The van der Waals surface area contributed by atoms with Crippen LogP contribution in [-0.2, 0) is 16.6 Å². The summed E-state index contributed by atoms with van der Waals surface area (Å²) in [7, 11) is 2.24. The van der Waals surface area contributed by atoms with Gasteiger partial charge in [-0.1, -0.05) is 11.6 Å². The number of likely N-dealkylation sites (tertiary alicyclic amines) is 1. The third-order valence-corrected chi connectivity index (χ3v) is 7.82. The Labute approximate surface area is 176 Å². The van der Waals surface area contributed by atoms with Crippen LogP contribution in [0.25, 0.3) is 0 Å². The normalized spacial score (nSPS) is 39.5. The van der Waals surface area contributed by atoms with Crippen LogP contribution in [0.1, 0.15) is 44.2 Å². The van der Waals surface area contributed by atoms with Crippen LogP contribution in [0.2, 0.25) is 0 Å². The number of aliphatic hydroxyl groups is 1. The fourth-order valence-electron chi connectivity index (χ4n) is 6.44. The lowest BCUT2D eigenvalue weighted by Crippen LogP contribution is -3.00. The number of benzene rings is 1. The number of piperidine rings is 1. The molecule has 1 aromatic carbocycles. The second kappa shape index (κ2) is 6.07. The van der Waals surface area contributed by atoms with E-state index in [1.54, 1.807) is 6.07 Å². The van der Waals surface area contributed by atoms with Crippen molar-refractivity contribution in [2.45, 2.75) is 62.7 Å². The standard InChI is InChI=1S/C22H27NO4.BrH/c1-13(2)7-10-23(3)11-9-21-18-14-4-5-15(24)19(18)27-20(21)16(25)6-8-22(21,26)17(23)12-14;/h4-5,7,17,20,26H,6,8-12H2,1-3H3;1H/t17-,20+,21+,22?,23-;/m1./s1. The van der Waals surface area contributed by atoms with Gasteiger partial charge in [0.2, 0.25) is 0 Å². The predicted molar refractivity (Wildman–Crippen MR) is 101 cm³/mol. The van der Waals surface area contributed by atoms with E-state index in [0.29, 0.717) is 25.0 Å². The summed E-state index contributed by atoms with van der Waals surface area (Å²) in [6.45, 7) is 5.98. The number of hydrogen-bond acceptors (Lipinski definition) is 4. The van der Waals surface area contributed by atoms with E-state index in [1.807, 2.05) is 6.07 Å². The monoisotopic (exact) mass is 449 g/mol. The molecule has 2 fully saturated rings. The molecule has 1 saturated carbocycles. The Morgan fingerprint density at radius 1 is 1.36 bits per heavy atom. The molecule has 1 spiro atoms. The third kappa shape index (κ3) is 2.17. The minimum atomic E-state index is -0.986. The van der Waals surface area contributed by atoms with Gasteiger partial charge in [0.25, 0.3) is 0 Å². The second-order valence-electron chi connectivity index (χ2n) is 9.44. The molecule has 1 saturated heterocycles.